The SMILES string of the molecule is COC(=O)[C@@H]1C[C@H]2CCCC[C@H]2N1Cc1ccc(Cl)s1. The topological polar surface area (TPSA) is 29.5 Å². The van der Waals surface area contributed by atoms with E-state index in [1.807, 2.05) is 6.07 Å². The molecule has 0 radical (unpaired) electrons. The van der Waals surface area contributed by atoms with Gasteiger partial charge in [-0.05, 0) is 37.3 Å². The molecular weight excluding hydrogens is 294 g/mol. The van der Waals surface area contributed by atoms with Crippen molar-refractivity contribution in [3.05, 3.63) is 21.3 Å². The minimum Gasteiger partial charge on any atom is -0.468 e. The van der Waals surface area contributed by atoms with E-state index in [0.29, 0.717) is 12.0 Å². The second kappa shape index (κ2) is 6.04. The van der Waals surface area contributed by atoms with E-state index in [9.17, 15) is 4.79 Å². The van der Waals surface area contributed by atoms with Gasteiger partial charge in [0.05, 0.1) is 11.4 Å². The fourth-order valence-corrected chi connectivity index (χ4v) is 4.86. The van der Waals surface area contributed by atoms with Crippen LogP contribution in [0.2, 0.25) is 4.34 Å². The van der Waals surface area contributed by atoms with Gasteiger partial charge in [0.25, 0.3) is 0 Å². The van der Waals surface area contributed by atoms with Crippen LogP contribution in [0, 0.1) is 5.92 Å². The average Bonchev–Trinajstić information content (AvgIpc) is 3.03. The first-order valence-electron chi connectivity index (χ1n) is 7.27. The van der Waals surface area contributed by atoms with Gasteiger partial charge in [0.1, 0.15) is 6.04 Å². The Kier molecular flexibility index (Phi) is 4.34. The molecule has 1 aromatic heterocycles. The molecule has 3 rings (SSSR count). The van der Waals surface area contributed by atoms with E-state index >= 15 is 0 Å². The highest BCUT2D eigenvalue weighted by Gasteiger charge is 2.45. The number of rotatable bonds is 3. The zero-order chi connectivity index (χ0) is 14.1. The lowest BCUT2D eigenvalue weighted by molar-refractivity contribution is -0.146. The Morgan fingerprint density at radius 1 is 1.45 bits per heavy atom. The van der Waals surface area contributed by atoms with Crippen LogP contribution in [0.25, 0.3) is 0 Å². The van der Waals surface area contributed by atoms with E-state index in [0.717, 1.165) is 17.3 Å². The molecule has 2 aliphatic rings. The molecule has 0 N–H and O–H groups in total. The lowest BCUT2D eigenvalue weighted by Gasteiger charge is -2.32. The van der Waals surface area contributed by atoms with Crippen molar-refractivity contribution in [3.8, 4) is 0 Å². The van der Waals surface area contributed by atoms with Crippen molar-refractivity contribution in [2.24, 2.45) is 5.92 Å². The molecule has 1 saturated carbocycles. The van der Waals surface area contributed by atoms with Crippen molar-refractivity contribution < 1.29 is 9.53 Å². The highest BCUT2D eigenvalue weighted by molar-refractivity contribution is 7.16. The van der Waals surface area contributed by atoms with Gasteiger partial charge >= 0.3 is 5.97 Å². The monoisotopic (exact) mass is 313 g/mol. The Morgan fingerprint density at radius 3 is 2.95 bits per heavy atom. The average molecular weight is 314 g/mol. The number of hydrogen-bond acceptors (Lipinski definition) is 4. The number of ether oxygens (including phenoxy) is 1. The predicted molar refractivity (Wildman–Crippen MR) is 81.0 cm³/mol. The molecule has 5 heteroatoms. The second-order valence-electron chi connectivity index (χ2n) is 5.76. The van der Waals surface area contributed by atoms with Gasteiger partial charge in [-0.2, -0.15) is 0 Å². The van der Waals surface area contributed by atoms with Crippen LogP contribution in [0.1, 0.15) is 37.0 Å². The van der Waals surface area contributed by atoms with Crippen LogP contribution < -0.4 is 0 Å². The number of halogens is 1. The Labute approximate surface area is 128 Å². The number of carbonyl (C=O) groups is 1. The summed E-state index contributed by atoms with van der Waals surface area (Å²) < 4.78 is 5.82. The summed E-state index contributed by atoms with van der Waals surface area (Å²) in [7, 11) is 1.49. The number of thiophene rings is 1. The van der Waals surface area contributed by atoms with Gasteiger partial charge < -0.3 is 4.74 Å². The van der Waals surface area contributed by atoms with Crippen molar-refractivity contribution in [1.82, 2.24) is 4.90 Å². The maximum Gasteiger partial charge on any atom is 0.323 e. The Bertz CT molecular complexity index is 490. The molecule has 20 heavy (non-hydrogen) atoms. The third-order valence-electron chi connectivity index (χ3n) is 4.66. The smallest absolute Gasteiger partial charge is 0.323 e. The fourth-order valence-electron chi connectivity index (χ4n) is 3.76. The van der Waals surface area contributed by atoms with Crippen molar-refractivity contribution >= 4 is 28.9 Å². The minimum absolute atomic E-state index is 0.0750. The summed E-state index contributed by atoms with van der Waals surface area (Å²) in [6.07, 6.45) is 5.98. The van der Waals surface area contributed by atoms with Crippen LogP contribution in [0.15, 0.2) is 12.1 Å². The Morgan fingerprint density at radius 2 is 2.25 bits per heavy atom. The zero-order valence-electron chi connectivity index (χ0n) is 11.7. The first-order chi connectivity index (χ1) is 9.69. The number of methoxy groups -OCH3 is 1. The van der Waals surface area contributed by atoms with Gasteiger partial charge in [-0.3, -0.25) is 9.69 Å². The van der Waals surface area contributed by atoms with Gasteiger partial charge in [-0.15, -0.1) is 11.3 Å². The molecule has 1 aromatic rings. The van der Waals surface area contributed by atoms with Crippen LogP contribution in [0.4, 0.5) is 0 Å². The lowest BCUT2D eigenvalue weighted by atomic mass is 9.85. The number of esters is 1. The van der Waals surface area contributed by atoms with Crippen molar-refractivity contribution in [2.45, 2.75) is 50.7 Å². The fraction of sp³-hybridized carbons (Fsp3) is 0.667. The summed E-state index contributed by atoms with van der Waals surface area (Å²) in [5.41, 5.74) is 0. The van der Waals surface area contributed by atoms with Crippen LogP contribution in [-0.2, 0) is 16.1 Å². The van der Waals surface area contributed by atoms with E-state index < -0.39 is 0 Å². The van der Waals surface area contributed by atoms with E-state index in [2.05, 4.69) is 11.0 Å². The maximum atomic E-state index is 12.1. The molecule has 0 unspecified atom stereocenters. The lowest BCUT2D eigenvalue weighted by Crippen LogP contribution is -2.41. The zero-order valence-corrected chi connectivity index (χ0v) is 13.3. The van der Waals surface area contributed by atoms with Gasteiger partial charge in [0, 0.05) is 17.5 Å². The molecule has 0 bridgehead atoms. The molecule has 1 aliphatic carbocycles. The third-order valence-corrected chi connectivity index (χ3v) is 5.88. The molecule has 0 aromatic carbocycles. The van der Waals surface area contributed by atoms with E-state index in [-0.39, 0.29) is 12.0 Å². The van der Waals surface area contributed by atoms with Crippen LogP contribution in [0.5, 0.6) is 0 Å². The molecule has 0 amide bonds. The standard InChI is InChI=1S/C15H20ClNO2S/c1-19-15(18)13-8-10-4-2-3-5-12(10)17(13)9-11-6-7-14(16)20-11/h6-7,10,12-13H,2-5,8-9H2,1H3/t10-,12-,13+/m1/s1. The number of hydrogen-bond donors (Lipinski definition) is 0. The van der Waals surface area contributed by atoms with Crippen LogP contribution in [-0.4, -0.2) is 30.1 Å². The van der Waals surface area contributed by atoms with Gasteiger partial charge in [0.2, 0.25) is 0 Å². The summed E-state index contributed by atoms with van der Waals surface area (Å²) in [5.74, 6) is 0.574. The number of carbonyl (C=O) groups excluding carboxylic acids is 1. The van der Waals surface area contributed by atoms with Gasteiger partial charge in [-0.1, -0.05) is 24.4 Å². The van der Waals surface area contributed by atoms with E-state index in [1.54, 1.807) is 11.3 Å². The highest BCUT2D eigenvalue weighted by atomic mass is 35.5. The van der Waals surface area contributed by atoms with Gasteiger partial charge in [0.15, 0.2) is 0 Å². The summed E-state index contributed by atoms with van der Waals surface area (Å²) in [5, 5.41) is 0. The van der Waals surface area contributed by atoms with Crippen LogP contribution >= 0.6 is 22.9 Å². The van der Waals surface area contributed by atoms with Crippen LogP contribution in [0.3, 0.4) is 0 Å². The molecule has 1 saturated heterocycles. The number of nitrogens with zero attached hydrogens (tertiary/aromatic N) is 1. The quantitative estimate of drug-likeness (QED) is 0.797. The summed E-state index contributed by atoms with van der Waals surface area (Å²) in [4.78, 5) is 15.7. The molecule has 2 fully saturated rings. The Balaban J connectivity index is 1.80. The first-order valence-corrected chi connectivity index (χ1v) is 8.46. The van der Waals surface area contributed by atoms with E-state index in [4.69, 9.17) is 16.3 Å². The highest BCUT2D eigenvalue weighted by Crippen LogP contribution is 2.41. The first kappa shape index (κ1) is 14.4. The Hall–Kier alpha value is -0.580. The summed E-state index contributed by atoms with van der Waals surface area (Å²) in [6.45, 7) is 0.818. The molecule has 2 heterocycles. The third kappa shape index (κ3) is 2.74. The molecule has 3 nitrogen and oxygen atoms in total. The molecular formula is C15H20ClNO2S. The molecule has 0 spiro atoms. The predicted octanol–water partition coefficient (Wildman–Crippen LogP) is 3.71. The summed E-state index contributed by atoms with van der Waals surface area (Å²) >= 11 is 7.62. The van der Waals surface area contributed by atoms with Crippen molar-refractivity contribution in [1.29, 1.82) is 0 Å². The second-order valence-corrected chi connectivity index (χ2v) is 7.56. The van der Waals surface area contributed by atoms with Crippen molar-refractivity contribution in [2.75, 3.05) is 7.11 Å². The summed E-state index contributed by atoms with van der Waals surface area (Å²) in [6, 6.07) is 4.46. The largest absolute Gasteiger partial charge is 0.468 e. The number of likely N-dealkylation sites (tertiary alicyclic amines) is 1. The van der Waals surface area contributed by atoms with Crippen molar-refractivity contribution in [3.63, 3.8) is 0 Å². The minimum atomic E-state index is -0.0814. The molecule has 1 aliphatic heterocycles. The van der Waals surface area contributed by atoms with E-state index in [1.165, 1.54) is 37.7 Å². The normalized spacial score (nSPS) is 30.2. The molecule has 110 valence electrons. The molecule has 3 atom stereocenters. The van der Waals surface area contributed by atoms with Gasteiger partial charge in [-0.25, -0.2) is 0 Å². The number of fused-ring (bicyclic) bond motifs is 1. The maximum absolute atomic E-state index is 12.1.